The van der Waals surface area contributed by atoms with E-state index < -0.39 is 0 Å². The first-order valence-electron chi connectivity index (χ1n) is 3.57. The second-order valence-corrected chi connectivity index (χ2v) is 4.37. The molecule has 0 aromatic heterocycles. The highest BCUT2D eigenvalue weighted by Crippen LogP contribution is 1.85. The van der Waals surface area contributed by atoms with Crippen molar-refractivity contribution < 1.29 is 0 Å². The van der Waals surface area contributed by atoms with Crippen LogP contribution >= 0.6 is 0 Å². The SMILES string of the molecule is C[CH2][AlH][N](CC)CC. The van der Waals surface area contributed by atoms with Gasteiger partial charge in [0.15, 0.2) is 0 Å². The molecule has 0 spiro atoms. The molecule has 48 valence electrons. The van der Waals surface area contributed by atoms with Crippen molar-refractivity contribution in [2.75, 3.05) is 13.1 Å². The largest absolute Gasteiger partial charge is 0.388 e. The Kier molecular flexibility index (Phi) is 5.97. The Morgan fingerprint density at radius 3 is 1.75 bits per heavy atom. The third-order valence-corrected chi connectivity index (χ3v) is 3.41. The van der Waals surface area contributed by atoms with Gasteiger partial charge in [0.1, 0.15) is 0 Å². The maximum Gasteiger partial charge on any atom is 0.347 e. The zero-order valence-corrected chi connectivity index (χ0v) is 7.69. The van der Waals surface area contributed by atoms with Gasteiger partial charge in [-0.2, -0.15) is 0 Å². The molecule has 0 heterocycles. The second kappa shape index (κ2) is 5.63. The average Bonchev–Trinajstić information content (AvgIpc) is 1.83. The lowest BCUT2D eigenvalue weighted by molar-refractivity contribution is 0.492. The Morgan fingerprint density at radius 1 is 1.12 bits per heavy atom. The molecule has 0 saturated carbocycles. The molecule has 0 amide bonds. The van der Waals surface area contributed by atoms with E-state index in [9.17, 15) is 0 Å². The van der Waals surface area contributed by atoms with E-state index in [0.29, 0.717) is 0 Å². The molecular weight excluding hydrogens is 113 g/mol. The summed E-state index contributed by atoms with van der Waals surface area (Å²) >= 11 is 0.169. The Bertz CT molecular complexity index is 43.8. The molecule has 0 N–H and O–H groups in total. The van der Waals surface area contributed by atoms with Crippen LogP contribution in [-0.4, -0.2) is 32.4 Å². The minimum atomic E-state index is 0.169. The van der Waals surface area contributed by atoms with Gasteiger partial charge in [-0.15, -0.1) is 0 Å². The summed E-state index contributed by atoms with van der Waals surface area (Å²) in [4.78, 5) is 0. The molecule has 0 aliphatic carbocycles. The molecular formula is C6H16AlN. The van der Waals surface area contributed by atoms with Gasteiger partial charge < -0.3 is 3.88 Å². The van der Waals surface area contributed by atoms with Gasteiger partial charge in [-0.25, -0.2) is 0 Å². The van der Waals surface area contributed by atoms with Crippen molar-refractivity contribution >= 4 is 15.4 Å². The number of hydrogen-bond acceptors (Lipinski definition) is 1. The van der Waals surface area contributed by atoms with Crippen LogP contribution in [0.2, 0.25) is 5.28 Å². The van der Waals surface area contributed by atoms with Gasteiger partial charge in [0.05, 0.1) is 0 Å². The molecule has 0 atom stereocenters. The van der Waals surface area contributed by atoms with Crippen LogP contribution in [0, 0.1) is 0 Å². The second-order valence-electron chi connectivity index (χ2n) is 2.03. The smallest absolute Gasteiger partial charge is 0.347 e. The first kappa shape index (κ1) is 8.49. The highest BCUT2D eigenvalue weighted by atomic mass is 27.1. The number of hydrogen-bond donors (Lipinski definition) is 0. The van der Waals surface area contributed by atoms with Crippen LogP contribution in [0.5, 0.6) is 0 Å². The predicted molar refractivity (Wildman–Crippen MR) is 40.6 cm³/mol. The molecule has 0 aromatic carbocycles. The van der Waals surface area contributed by atoms with Crippen molar-refractivity contribution in [3.05, 3.63) is 0 Å². The van der Waals surface area contributed by atoms with Gasteiger partial charge in [0, 0.05) is 0 Å². The number of rotatable bonds is 4. The van der Waals surface area contributed by atoms with Gasteiger partial charge in [-0.05, 0) is 13.1 Å². The maximum absolute atomic E-state index is 2.57. The summed E-state index contributed by atoms with van der Waals surface area (Å²) in [5.74, 6) is 0. The van der Waals surface area contributed by atoms with E-state index in [1.807, 2.05) is 0 Å². The Labute approximate surface area is 59.0 Å². The van der Waals surface area contributed by atoms with Crippen molar-refractivity contribution in [3.63, 3.8) is 0 Å². The van der Waals surface area contributed by atoms with E-state index in [4.69, 9.17) is 0 Å². The molecule has 0 radical (unpaired) electrons. The van der Waals surface area contributed by atoms with Crippen molar-refractivity contribution in [2.45, 2.75) is 26.1 Å². The molecule has 0 aliphatic heterocycles. The lowest BCUT2D eigenvalue weighted by atomic mass is 10.7. The van der Waals surface area contributed by atoms with Crippen LogP contribution in [0.15, 0.2) is 0 Å². The summed E-state index contributed by atoms with van der Waals surface area (Å²) in [5, 5.41) is 1.42. The zero-order valence-electron chi connectivity index (χ0n) is 6.28. The fourth-order valence-corrected chi connectivity index (χ4v) is 2.12. The van der Waals surface area contributed by atoms with Crippen LogP contribution in [0.25, 0.3) is 0 Å². The quantitative estimate of drug-likeness (QED) is 0.514. The average molecular weight is 129 g/mol. The monoisotopic (exact) mass is 129 g/mol. The zero-order chi connectivity index (χ0) is 6.41. The third-order valence-electron chi connectivity index (χ3n) is 1.43. The van der Waals surface area contributed by atoms with E-state index in [0.717, 1.165) is 0 Å². The van der Waals surface area contributed by atoms with E-state index in [2.05, 4.69) is 24.7 Å². The summed E-state index contributed by atoms with van der Waals surface area (Å²) in [6, 6.07) is 0. The Balaban J connectivity index is 3.07. The van der Waals surface area contributed by atoms with Crippen molar-refractivity contribution in [3.8, 4) is 0 Å². The lowest BCUT2D eigenvalue weighted by Gasteiger charge is -2.14. The molecule has 0 bridgehead atoms. The molecule has 0 unspecified atom stereocenters. The van der Waals surface area contributed by atoms with Gasteiger partial charge in [0.25, 0.3) is 0 Å². The molecule has 2 heteroatoms. The fraction of sp³-hybridized carbons (Fsp3) is 1.00. The highest BCUT2D eigenvalue weighted by Gasteiger charge is 1.97. The van der Waals surface area contributed by atoms with Crippen LogP contribution in [0.1, 0.15) is 20.8 Å². The van der Waals surface area contributed by atoms with E-state index in [-0.39, 0.29) is 15.4 Å². The summed E-state index contributed by atoms with van der Waals surface area (Å²) in [6.07, 6.45) is 0. The Hall–Kier alpha value is 0.492. The molecule has 0 aromatic rings. The van der Waals surface area contributed by atoms with Gasteiger partial charge in [-0.1, -0.05) is 26.1 Å². The first-order chi connectivity index (χ1) is 3.85. The van der Waals surface area contributed by atoms with E-state index in [1.54, 1.807) is 0 Å². The minimum Gasteiger partial charge on any atom is -0.388 e. The van der Waals surface area contributed by atoms with E-state index in [1.165, 1.54) is 18.4 Å². The molecule has 8 heavy (non-hydrogen) atoms. The van der Waals surface area contributed by atoms with Gasteiger partial charge in [0.2, 0.25) is 0 Å². The molecule has 0 rings (SSSR count). The topological polar surface area (TPSA) is 3.24 Å². The molecule has 0 fully saturated rings. The lowest BCUT2D eigenvalue weighted by Crippen LogP contribution is -2.26. The normalized spacial score (nSPS) is 10.0. The van der Waals surface area contributed by atoms with Crippen LogP contribution in [0.3, 0.4) is 0 Å². The van der Waals surface area contributed by atoms with Crippen molar-refractivity contribution in [1.29, 1.82) is 0 Å². The van der Waals surface area contributed by atoms with E-state index >= 15 is 0 Å². The fourth-order valence-electron chi connectivity index (χ4n) is 0.856. The molecule has 1 nitrogen and oxygen atoms in total. The summed E-state index contributed by atoms with van der Waals surface area (Å²) < 4.78 is 2.57. The van der Waals surface area contributed by atoms with Crippen LogP contribution < -0.4 is 0 Å². The van der Waals surface area contributed by atoms with Crippen molar-refractivity contribution in [1.82, 2.24) is 3.88 Å². The maximum atomic E-state index is 2.57. The first-order valence-corrected chi connectivity index (χ1v) is 5.20. The predicted octanol–water partition coefficient (Wildman–Crippen LogP) is 1.12. The summed E-state index contributed by atoms with van der Waals surface area (Å²) in [7, 11) is 0. The summed E-state index contributed by atoms with van der Waals surface area (Å²) in [5.41, 5.74) is 0. The number of nitrogens with zero attached hydrogens (tertiary/aromatic N) is 1. The van der Waals surface area contributed by atoms with Crippen LogP contribution in [0.4, 0.5) is 0 Å². The van der Waals surface area contributed by atoms with Crippen molar-refractivity contribution in [2.24, 2.45) is 0 Å². The third kappa shape index (κ3) is 3.49. The van der Waals surface area contributed by atoms with Crippen LogP contribution in [-0.2, 0) is 0 Å². The molecule has 0 saturated heterocycles. The van der Waals surface area contributed by atoms with Gasteiger partial charge >= 0.3 is 15.4 Å². The molecule has 0 aliphatic rings. The highest BCUT2D eigenvalue weighted by molar-refractivity contribution is 6.31. The summed E-state index contributed by atoms with van der Waals surface area (Å²) in [6.45, 7) is 9.29. The standard InChI is InChI=1S/C4H10N.C2H5.Al.H/c1-3-5-4-2;1-2;;/h3-4H2,1-2H3;1H2,2H3;;/q-1;;+1;. The Morgan fingerprint density at radius 2 is 1.62 bits per heavy atom. The van der Waals surface area contributed by atoms with Gasteiger partial charge in [-0.3, -0.25) is 0 Å². The minimum absolute atomic E-state index is 0.169.